The lowest BCUT2D eigenvalue weighted by molar-refractivity contribution is -0.137. The van der Waals surface area contributed by atoms with Crippen LogP contribution in [0.25, 0.3) is 0 Å². The van der Waals surface area contributed by atoms with Gasteiger partial charge in [-0.15, -0.1) is 0 Å². The van der Waals surface area contributed by atoms with Crippen molar-refractivity contribution in [3.05, 3.63) is 60.3 Å². The molecule has 0 saturated heterocycles. The minimum atomic E-state index is -4.61. The Labute approximate surface area is 197 Å². The fraction of sp³-hybridized carbons (Fsp3) is 0.360. The van der Waals surface area contributed by atoms with Gasteiger partial charge in [-0.2, -0.15) is 18.2 Å². The summed E-state index contributed by atoms with van der Waals surface area (Å²) < 4.78 is 51.9. The van der Waals surface area contributed by atoms with Crippen LogP contribution in [0.4, 0.5) is 36.3 Å². The van der Waals surface area contributed by atoms with Gasteiger partial charge in [0.05, 0.1) is 13.2 Å². The Balaban J connectivity index is 1.75. The van der Waals surface area contributed by atoms with E-state index in [9.17, 15) is 13.2 Å². The zero-order valence-electron chi connectivity index (χ0n) is 19.4. The smallest absolute Gasteiger partial charge is 0.421 e. The first-order chi connectivity index (χ1) is 16.2. The number of nitrogens with zero attached hydrogens (tertiary/aromatic N) is 2. The zero-order valence-corrected chi connectivity index (χ0v) is 19.4. The molecule has 0 amide bonds. The maximum Gasteiger partial charge on any atom is 0.421 e. The molecule has 0 aliphatic carbocycles. The monoisotopic (exact) mass is 474 g/mol. The number of benzene rings is 2. The van der Waals surface area contributed by atoms with Crippen LogP contribution >= 0.6 is 0 Å². The summed E-state index contributed by atoms with van der Waals surface area (Å²) in [7, 11) is 0. The molecule has 0 fully saturated rings. The van der Waals surface area contributed by atoms with E-state index >= 15 is 0 Å². The largest absolute Gasteiger partial charge is 0.494 e. The molecule has 1 heterocycles. The van der Waals surface area contributed by atoms with Crippen LogP contribution in [0.2, 0.25) is 0 Å². The van der Waals surface area contributed by atoms with E-state index in [4.69, 9.17) is 9.47 Å². The van der Waals surface area contributed by atoms with Crippen molar-refractivity contribution >= 4 is 23.1 Å². The lowest BCUT2D eigenvalue weighted by Gasteiger charge is -2.15. The van der Waals surface area contributed by atoms with E-state index in [2.05, 4.69) is 27.5 Å². The molecule has 34 heavy (non-hydrogen) atoms. The molecule has 0 atom stereocenters. The van der Waals surface area contributed by atoms with Crippen LogP contribution in [-0.2, 0) is 6.18 Å². The van der Waals surface area contributed by atoms with Crippen molar-refractivity contribution in [3.63, 3.8) is 0 Å². The number of hydrogen-bond donors (Lipinski definition) is 2. The second kappa shape index (κ2) is 11.6. The molecule has 3 rings (SSSR count). The Bertz CT molecular complexity index is 1040. The number of hydrogen-bond acceptors (Lipinski definition) is 6. The van der Waals surface area contributed by atoms with Gasteiger partial charge in [-0.05, 0) is 60.9 Å². The van der Waals surface area contributed by atoms with Crippen molar-refractivity contribution in [1.82, 2.24) is 9.97 Å². The summed E-state index contributed by atoms with van der Waals surface area (Å²) in [5.41, 5.74) is 0.110. The summed E-state index contributed by atoms with van der Waals surface area (Å²) in [6.45, 7) is 7.33. The van der Waals surface area contributed by atoms with Crippen molar-refractivity contribution in [3.8, 4) is 11.5 Å². The fourth-order valence-corrected chi connectivity index (χ4v) is 2.88. The van der Waals surface area contributed by atoms with E-state index in [1.807, 2.05) is 13.8 Å². The summed E-state index contributed by atoms with van der Waals surface area (Å²) in [5.74, 6) is 1.41. The number of rotatable bonds is 11. The van der Waals surface area contributed by atoms with Gasteiger partial charge in [0.2, 0.25) is 5.95 Å². The molecule has 0 unspecified atom stereocenters. The average molecular weight is 475 g/mol. The Morgan fingerprint density at radius 3 is 2.03 bits per heavy atom. The Hall–Kier alpha value is -3.49. The Morgan fingerprint density at radius 2 is 1.47 bits per heavy atom. The van der Waals surface area contributed by atoms with Crippen molar-refractivity contribution in [2.75, 3.05) is 23.8 Å². The third-order valence-electron chi connectivity index (χ3n) is 4.67. The van der Waals surface area contributed by atoms with E-state index in [1.54, 1.807) is 48.5 Å². The van der Waals surface area contributed by atoms with Crippen LogP contribution < -0.4 is 20.1 Å². The standard InChI is InChI=1S/C25H29F3N4O2/c1-4-5-14-33-20-10-8-19(9-11-20)31-24-29-15-22(25(26,27)28)23(32-24)30-18-6-12-21(13-7-18)34-16-17(2)3/h6-13,15,17H,4-5,14,16H2,1-3H3,(H2,29,30,31,32). The fourth-order valence-electron chi connectivity index (χ4n) is 2.88. The molecule has 0 bridgehead atoms. The highest BCUT2D eigenvalue weighted by Gasteiger charge is 2.35. The zero-order chi connectivity index (χ0) is 24.6. The van der Waals surface area contributed by atoms with Crippen LogP contribution in [0.3, 0.4) is 0 Å². The molecule has 0 radical (unpaired) electrons. The molecule has 0 spiro atoms. The number of unbranched alkanes of at least 4 members (excludes halogenated alkanes) is 1. The number of ether oxygens (including phenoxy) is 2. The molecule has 1 aromatic heterocycles. The summed E-state index contributed by atoms with van der Waals surface area (Å²) in [4.78, 5) is 7.93. The number of nitrogens with one attached hydrogen (secondary N) is 2. The first-order valence-corrected chi connectivity index (χ1v) is 11.2. The number of alkyl halides is 3. The minimum Gasteiger partial charge on any atom is -0.494 e. The SMILES string of the molecule is CCCCOc1ccc(Nc2ncc(C(F)(F)F)c(Nc3ccc(OCC(C)C)cc3)n2)cc1. The molecular weight excluding hydrogens is 445 g/mol. The summed E-state index contributed by atoms with van der Waals surface area (Å²) >= 11 is 0. The molecular formula is C25H29F3N4O2. The molecule has 6 nitrogen and oxygen atoms in total. The van der Waals surface area contributed by atoms with Crippen molar-refractivity contribution < 1.29 is 22.6 Å². The second-order valence-corrected chi connectivity index (χ2v) is 8.16. The van der Waals surface area contributed by atoms with Gasteiger partial charge in [0.15, 0.2) is 0 Å². The molecule has 3 aromatic rings. The first kappa shape index (κ1) is 25.1. The normalized spacial score (nSPS) is 11.4. The van der Waals surface area contributed by atoms with Gasteiger partial charge in [-0.25, -0.2) is 4.98 Å². The van der Waals surface area contributed by atoms with Crippen LogP contribution in [-0.4, -0.2) is 23.2 Å². The van der Waals surface area contributed by atoms with Crippen molar-refractivity contribution in [1.29, 1.82) is 0 Å². The quantitative estimate of drug-likeness (QED) is 0.287. The Kier molecular flexibility index (Phi) is 8.56. The Morgan fingerprint density at radius 1 is 0.882 bits per heavy atom. The molecule has 0 aliphatic heterocycles. The molecule has 0 saturated carbocycles. The van der Waals surface area contributed by atoms with Gasteiger partial charge < -0.3 is 20.1 Å². The van der Waals surface area contributed by atoms with E-state index in [0.29, 0.717) is 36.3 Å². The van der Waals surface area contributed by atoms with Gasteiger partial charge in [0.1, 0.15) is 22.9 Å². The summed E-state index contributed by atoms with van der Waals surface area (Å²) in [5, 5.41) is 5.68. The maximum absolute atomic E-state index is 13.5. The third-order valence-corrected chi connectivity index (χ3v) is 4.67. The van der Waals surface area contributed by atoms with E-state index in [1.165, 1.54) is 0 Å². The minimum absolute atomic E-state index is 0.0343. The van der Waals surface area contributed by atoms with Crippen LogP contribution in [0, 0.1) is 5.92 Å². The molecule has 9 heteroatoms. The summed E-state index contributed by atoms with van der Waals surface area (Å²) in [6.07, 6.45) is -1.85. The molecule has 2 N–H and O–H groups in total. The number of halogens is 3. The van der Waals surface area contributed by atoms with E-state index in [0.717, 1.165) is 24.8 Å². The highest BCUT2D eigenvalue weighted by molar-refractivity contribution is 5.63. The predicted molar refractivity (Wildman–Crippen MR) is 127 cm³/mol. The van der Waals surface area contributed by atoms with Crippen molar-refractivity contribution in [2.24, 2.45) is 5.92 Å². The topological polar surface area (TPSA) is 68.3 Å². The maximum atomic E-state index is 13.5. The van der Waals surface area contributed by atoms with Crippen LogP contribution in [0.1, 0.15) is 39.2 Å². The van der Waals surface area contributed by atoms with E-state index < -0.39 is 11.7 Å². The van der Waals surface area contributed by atoms with Gasteiger partial charge in [-0.3, -0.25) is 0 Å². The van der Waals surface area contributed by atoms with Crippen molar-refractivity contribution in [2.45, 2.75) is 39.8 Å². The van der Waals surface area contributed by atoms with Gasteiger partial charge in [-0.1, -0.05) is 27.2 Å². The third kappa shape index (κ3) is 7.54. The highest BCUT2D eigenvalue weighted by atomic mass is 19.4. The van der Waals surface area contributed by atoms with Gasteiger partial charge in [0.25, 0.3) is 0 Å². The van der Waals surface area contributed by atoms with E-state index in [-0.39, 0.29) is 11.8 Å². The first-order valence-electron chi connectivity index (χ1n) is 11.2. The van der Waals surface area contributed by atoms with Gasteiger partial charge >= 0.3 is 6.18 Å². The second-order valence-electron chi connectivity index (χ2n) is 8.16. The average Bonchev–Trinajstić information content (AvgIpc) is 2.79. The number of anilines is 4. The summed E-state index contributed by atoms with van der Waals surface area (Å²) in [6, 6.07) is 13.8. The lowest BCUT2D eigenvalue weighted by Crippen LogP contribution is -2.12. The number of aromatic nitrogens is 2. The van der Waals surface area contributed by atoms with Crippen LogP contribution in [0.5, 0.6) is 11.5 Å². The molecule has 0 aliphatic rings. The predicted octanol–water partition coefficient (Wildman–Crippen LogP) is 7.20. The van der Waals surface area contributed by atoms with Gasteiger partial charge in [0, 0.05) is 17.6 Å². The lowest BCUT2D eigenvalue weighted by atomic mass is 10.2. The molecule has 182 valence electrons. The van der Waals surface area contributed by atoms with Crippen LogP contribution in [0.15, 0.2) is 54.7 Å². The molecule has 2 aromatic carbocycles. The highest BCUT2D eigenvalue weighted by Crippen LogP contribution is 2.35.